The molecular weight excluding hydrogens is 238 g/mol. The Morgan fingerprint density at radius 2 is 1.95 bits per heavy atom. The molecule has 0 aliphatic rings. The van der Waals surface area contributed by atoms with Gasteiger partial charge >= 0.3 is 0 Å². The zero-order valence-electron chi connectivity index (χ0n) is 13.1. The molecule has 19 heavy (non-hydrogen) atoms. The molecule has 0 aliphatic heterocycles. The number of hydrogen-bond donors (Lipinski definition) is 1. The minimum absolute atomic E-state index is 0.420. The molecule has 0 aliphatic carbocycles. The lowest BCUT2D eigenvalue weighted by Crippen LogP contribution is -2.40. The molecule has 1 atom stereocenters. The third-order valence-corrected chi connectivity index (χ3v) is 2.97. The van der Waals surface area contributed by atoms with Crippen molar-refractivity contribution in [1.82, 2.24) is 14.9 Å². The van der Waals surface area contributed by atoms with Crippen LogP contribution in [0.5, 0.6) is 0 Å². The van der Waals surface area contributed by atoms with E-state index in [9.17, 15) is 0 Å². The molecule has 1 N–H and O–H groups in total. The molecule has 0 aromatic carbocycles. The Bertz CT molecular complexity index is 391. The molecule has 0 fully saturated rings. The molecule has 1 unspecified atom stereocenters. The number of likely N-dealkylation sites (N-methyl/N-ethyl adjacent to an activating group) is 2. The summed E-state index contributed by atoms with van der Waals surface area (Å²) >= 11 is 0. The lowest BCUT2D eigenvalue weighted by atomic mass is 10.2. The molecule has 1 aromatic rings. The third-order valence-electron chi connectivity index (χ3n) is 2.97. The quantitative estimate of drug-likeness (QED) is 0.817. The highest BCUT2D eigenvalue weighted by Gasteiger charge is 2.16. The van der Waals surface area contributed by atoms with Gasteiger partial charge in [0.15, 0.2) is 0 Å². The second-order valence-corrected chi connectivity index (χ2v) is 5.12. The second kappa shape index (κ2) is 7.28. The minimum atomic E-state index is 0.420. The Morgan fingerprint density at radius 1 is 1.26 bits per heavy atom. The van der Waals surface area contributed by atoms with Crippen molar-refractivity contribution in [3.63, 3.8) is 0 Å². The molecule has 0 saturated heterocycles. The second-order valence-electron chi connectivity index (χ2n) is 5.12. The topological polar surface area (TPSA) is 44.3 Å². The van der Waals surface area contributed by atoms with Gasteiger partial charge in [-0.25, -0.2) is 4.98 Å². The first kappa shape index (κ1) is 15.7. The van der Waals surface area contributed by atoms with Crippen molar-refractivity contribution in [2.45, 2.75) is 33.7 Å². The summed E-state index contributed by atoms with van der Waals surface area (Å²) in [6, 6.07) is 2.47. The van der Waals surface area contributed by atoms with Gasteiger partial charge in [-0.1, -0.05) is 0 Å². The van der Waals surface area contributed by atoms with Gasteiger partial charge in [-0.05, 0) is 41.8 Å². The molecule has 1 rings (SSSR count). The molecule has 0 saturated carbocycles. The van der Waals surface area contributed by atoms with Gasteiger partial charge in [0.1, 0.15) is 5.82 Å². The normalized spacial score (nSPS) is 12.6. The van der Waals surface area contributed by atoms with Crippen molar-refractivity contribution in [3.8, 4) is 0 Å². The summed E-state index contributed by atoms with van der Waals surface area (Å²) < 4.78 is 0. The van der Waals surface area contributed by atoms with Crippen LogP contribution in [0, 0.1) is 6.92 Å². The maximum atomic E-state index is 4.61. The Kier molecular flexibility index (Phi) is 6.02. The molecular formula is C14H27N5. The molecule has 1 aromatic heterocycles. The summed E-state index contributed by atoms with van der Waals surface area (Å²) in [6.45, 7) is 11.2. The number of anilines is 2. The SMILES string of the molecule is CCNc1nc(C)cc(N(CC)C(C)CN(C)C)n1. The standard InChI is InChI=1S/C14H27N5/c1-7-15-14-16-11(3)9-13(17-14)19(8-2)12(4)10-18(5)6/h9,12H,7-8,10H2,1-6H3,(H,15,16,17). The number of rotatable bonds is 7. The average Bonchev–Trinajstić information content (AvgIpc) is 2.28. The Hall–Kier alpha value is -1.36. The summed E-state index contributed by atoms with van der Waals surface area (Å²) in [5.74, 6) is 1.72. The van der Waals surface area contributed by atoms with E-state index in [-0.39, 0.29) is 0 Å². The highest BCUT2D eigenvalue weighted by atomic mass is 15.3. The maximum absolute atomic E-state index is 4.61. The van der Waals surface area contributed by atoms with Gasteiger partial charge in [0.05, 0.1) is 0 Å². The summed E-state index contributed by atoms with van der Waals surface area (Å²) in [7, 11) is 4.19. The van der Waals surface area contributed by atoms with Gasteiger partial charge in [0, 0.05) is 37.4 Å². The zero-order valence-corrected chi connectivity index (χ0v) is 13.1. The fourth-order valence-corrected chi connectivity index (χ4v) is 2.26. The van der Waals surface area contributed by atoms with Crippen molar-refractivity contribution in [2.75, 3.05) is 43.9 Å². The van der Waals surface area contributed by atoms with E-state index in [0.29, 0.717) is 12.0 Å². The third kappa shape index (κ3) is 4.67. The first-order valence-corrected chi connectivity index (χ1v) is 6.98. The van der Waals surface area contributed by atoms with Crippen molar-refractivity contribution >= 4 is 11.8 Å². The summed E-state index contributed by atoms with van der Waals surface area (Å²) in [6.07, 6.45) is 0. The Morgan fingerprint density at radius 3 is 2.47 bits per heavy atom. The van der Waals surface area contributed by atoms with Crippen LogP contribution in [0.1, 0.15) is 26.5 Å². The predicted molar refractivity (Wildman–Crippen MR) is 82.0 cm³/mol. The maximum Gasteiger partial charge on any atom is 0.224 e. The van der Waals surface area contributed by atoms with Gasteiger partial charge in [0.25, 0.3) is 0 Å². The van der Waals surface area contributed by atoms with Crippen LogP contribution in [0.3, 0.4) is 0 Å². The molecule has 0 amide bonds. The first-order chi connectivity index (χ1) is 8.97. The van der Waals surface area contributed by atoms with E-state index in [0.717, 1.165) is 31.1 Å². The van der Waals surface area contributed by atoms with Crippen LogP contribution in [-0.2, 0) is 0 Å². The molecule has 108 valence electrons. The number of aryl methyl sites for hydroxylation is 1. The van der Waals surface area contributed by atoms with E-state index in [4.69, 9.17) is 0 Å². The lowest BCUT2D eigenvalue weighted by Gasteiger charge is -2.31. The van der Waals surface area contributed by atoms with Crippen molar-refractivity contribution in [1.29, 1.82) is 0 Å². The van der Waals surface area contributed by atoms with Crippen LogP contribution in [0.25, 0.3) is 0 Å². The van der Waals surface area contributed by atoms with Gasteiger partial charge < -0.3 is 15.1 Å². The molecule has 0 bridgehead atoms. The molecule has 5 heteroatoms. The van der Waals surface area contributed by atoms with Crippen LogP contribution in [-0.4, -0.2) is 54.6 Å². The van der Waals surface area contributed by atoms with E-state index in [1.165, 1.54) is 0 Å². The molecule has 5 nitrogen and oxygen atoms in total. The summed E-state index contributed by atoms with van der Waals surface area (Å²) in [5, 5.41) is 3.19. The number of aromatic nitrogens is 2. The fourth-order valence-electron chi connectivity index (χ4n) is 2.26. The van der Waals surface area contributed by atoms with Crippen molar-refractivity contribution in [3.05, 3.63) is 11.8 Å². The van der Waals surface area contributed by atoms with Gasteiger partial charge in [-0.2, -0.15) is 4.98 Å². The van der Waals surface area contributed by atoms with E-state index in [1.807, 2.05) is 6.92 Å². The van der Waals surface area contributed by atoms with Crippen LogP contribution in [0.15, 0.2) is 6.07 Å². The lowest BCUT2D eigenvalue weighted by molar-refractivity contribution is 0.372. The van der Waals surface area contributed by atoms with E-state index in [2.05, 4.69) is 66.0 Å². The minimum Gasteiger partial charge on any atom is -0.354 e. The number of nitrogens with zero attached hydrogens (tertiary/aromatic N) is 4. The fraction of sp³-hybridized carbons (Fsp3) is 0.714. The summed E-state index contributed by atoms with van der Waals surface area (Å²) in [5.41, 5.74) is 0.997. The smallest absolute Gasteiger partial charge is 0.224 e. The summed E-state index contributed by atoms with van der Waals surface area (Å²) in [4.78, 5) is 13.5. The van der Waals surface area contributed by atoms with E-state index >= 15 is 0 Å². The van der Waals surface area contributed by atoms with Gasteiger partial charge in [0.2, 0.25) is 5.95 Å². The molecule has 0 spiro atoms. The van der Waals surface area contributed by atoms with E-state index in [1.54, 1.807) is 0 Å². The average molecular weight is 265 g/mol. The highest BCUT2D eigenvalue weighted by Crippen LogP contribution is 2.17. The van der Waals surface area contributed by atoms with Crippen molar-refractivity contribution in [2.24, 2.45) is 0 Å². The van der Waals surface area contributed by atoms with Gasteiger partial charge in [-0.3, -0.25) is 0 Å². The van der Waals surface area contributed by atoms with Crippen LogP contribution in [0.2, 0.25) is 0 Å². The zero-order chi connectivity index (χ0) is 14.4. The number of nitrogens with one attached hydrogen (secondary N) is 1. The Balaban J connectivity index is 2.96. The number of hydrogen-bond acceptors (Lipinski definition) is 5. The van der Waals surface area contributed by atoms with Crippen LogP contribution >= 0.6 is 0 Å². The predicted octanol–water partition coefficient (Wildman–Crippen LogP) is 1.99. The monoisotopic (exact) mass is 265 g/mol. The Labute approximate surface area is 117 Å². The van der Waals surface area contributed by atoms with Crippen LogP contribution < -0.4 is 10.2 Å². The highest BCUT2D eigenvalue weighted by molar-refractivity contribution is 5.45. The van der Waals surface area contributed by atoms with Crippen molar-refractivity contribution < 1.29 is 0 Å². The largest absolute Gasteiger partial charge is 0.354 e. The molecule has 1 heterocycles. The molecule has 0 radical (unpaired) electrons. The van der Waals surface area contributed by atoms with Crippen LogP contribution in [0.4, 0.5) is 11.8 Å². The van der Waals surface area contributed by atoms with E-state index < -0.39 is 0 Å². The first-order valence-electron chi connectivity index (χ1n) is 6.98. The van der Waals surface area contributed by atoms with Gasteiger partial charge in [-0.15, -0.1) is 0 Å².